The van der Waals surface area contributed by atoms with Crippen molar-refractivity contribution in [1.82, 2.24) is 9.62 Å². The van der Waals surface area contributed by atoms with Crippen LogP contribution in [0.25, 0.3) is 0 Å². The fourth-order valence-corrected chi connectivity index (χ4v) is 2.75. The van der Waals surface area contributed by atoms with E-state index in [1.54, 1.807) is 0 Å². The highest BCUT2D eigenvalue weighted by atomic mass is 32.2. The normalized spacial score (nSPS) is 25.5. The summed E-state index contributed by atoms with van der Waals surface area (Å²) in [6, 6.07) is 4.88. The Balaban J connectivity index is 2.09. The van der Waals surface area contributed by atoms with Crippen LogP contribution in [0.15, 0.2) is 24.3 Å². The van der Waals surface area contributed by atoms with E-state index in [9.17, 15) is 27.8 Å². The smallest absolute Gasteiger partial charge is 0.254 e. The summed E-state index contributed by atoms with van der Waals surface area (Å²) in [6.07, 6.45) is -0.356. The van der Waals surface area contributed by atoms with Crippen molar-refractivity contribution in [3.05, 3.63) is 35.6 Å². The van der Waals surface area contributed by atoms with E-state index >= 15 is 0 Å². The molecule has 1 heterocycles. The number of nitrogens with one attached hydrogen (secondary N) is 1. The van der Waals surface area contributed by atoms with Gasteiger partial charge in [-0.25, -0.2) is 17.5 Å². The summed E-state index contributed by atoms with van der Waals surface area (Å²) in [5.41, 5.74) is -1.55. The molecular formula is C13H17FN2O5S. The van der Waals surface area contributed by atoms with Gasteiger partial charge in [0.15, 0.2) is 0 Å². The Morgan fingerprint density at radius 2 is 2.05 bits per heavy atom. The number of benzene rings is 1. The Bertz CT molecular complexity index is 664. The Hall–Kier alpha value is -1.55. The highest BCUT2D eigenvalue weighted by Crippen LogP contribution is 2.23. The van der Waals surface area contributed by atoms with Gasteiger partial charge in [0.25, 0.3) is 5.91 Å². The van der Waals surface area contributed by atoms with Crippen molar-refractivity contribution in [2.45, 2.75) is 11.7 Å². The topological polar surface area (TPSA) is 107 Å². The molecule has 1 fully saturated rings. The van der Waals surface area contributed by atoms with Gasteiger partial charge >= 0.3 is 0 Å². The second-order valence-corrected chi connectivity index (χ2v) is 7.24. The molecule has 122 valence electrons. The van der Waals surface area contributed by atoms with Crippen molar-refractivity contribution >= 4 is 15.9 Å². The molecular weight excluding hydrogens is 315 g/mol. The van der Waals surface area contributed by atoms with E-state index in [4.69, 9.17) is 0 Å². The van der Waals surface area contributed by atoms with E-state index in [1.165, 1.54) is 17.0 Å². The van der Waals surface area contributed by atoms with Crippen molar-refractivity contribution < 1.29 is 27.8 Å². The summed E-state index contributed by atoms with van der Waals surface area (Å²) in [5, 5.41) is 20.2. The number of hydrogen-bond donors (Lipinski definition) is 3. The van der Waals surface area contributed by atoms with Crippen LogP contribution in [-0.2, 0) is 10.0 Å². The number of nitrogens with zero attached hydrogens (tertiary/aromatic N) is 1. The number of rotatable bonds is 4. The van der Waals surface area contributed by atoms with Crippen molar-refractivity contribution in [1.29, 1.82) is 0 Å². The van der Waals surface area contributed by atoms with Crippen molar-refractivity contribution in [3.8, 4) is 0 Å². The largest absolute Gasteiger partial charge is 0.388 e. The number of β-amino-alcohol motifs (C(OH)–C–C–N with tert-alkyl or cyclic N) is 2. The molecule has 22 heavy (non-hydrogen) atoms. The summed E-state index contributed by atoms with van der Waals surface area (Å²) in [6.45, 7) is -0.773. The average Bonchev–Trinajstić information content (AvgIpc) is 2.73. The zero-order valence-electron chi connectivity index (χ0n) is 11.9. The van der Waals surface area contributed by atoms with E-state index in [2.05, 4.69) is 4.72 Å². The van der Waals surface area contributed by atoms with Crippen LogP contribution in [0.3, 0.4) is 0 Å². The lowest BCUT2D eigenvalue weighted by Gasteiger charge is -2.25. The van der Waals surface area contributed by atoms with Crippen LogP contribution < -0.4 is 4.72 Å². The molecule has 7 nitrogen and oxygen atoms in total. The molecule has 2 rings (SSSR count). The number of carbonyl (C=O) groups excluding carboxylic acids is 1. The van der Waals surface area contributed by atoms with E-state index in [0.717, 1.165) is 18.4 Å². The SMILES string of the molecule is CS(=O)(=O)NC[C@]1(O)CN(C(=O)c2ccc(F)cc2)C[C@H]1O. The molecule has 0 aromatic heterocycles. The Morgan fingerprint density at radius 3 is 2.59 bits per heavy atom. The molecule has 0 radical (unpaired) electrons. The van der Waals surface area contributed by atoms with Gasteiger partial charge in [-0.1, -0.05) is 0 Å². The molecule has 1 amide bonds. The third kappa shape index (κ3) is 3.80. The number of sulfonamides is 1. The first kappa shape index (κ1) is 16.8. The molecule has 1 saturated heterocycles. The van der Waals surface area contributed by atoms with Gasteiger partial charge in [-0.05, 0) is 24.3 Å². The minimum Gasteiger partial charge on any atom is -0.388 e. The third-order valence-corrected chi connectivity index (χ3v) is 4.17. The van der Waals surface area contributed by atoms with Crippen LogP contribution in [0.1, 0.15) is 10.4 Å². The molecule has 1 aliphatic heterocycles. The summed E-state index contributed by atoms with van der Waals surface area (Å²) in [7, 11) is -3.53. The molecule has 0 saturated carbocycles. The van der Waals surface area contributed by atoms with Gasteiger partial charge in [0, 0.05) is 18.7 Å². The lowest BCUT2D eigenvalue weighted by Crippen LogP contribution is -2.51. The van der Waals surface area contributed by atoms with Crippen molar-refractivity contribution in [2.24, 2.45) is 0 Å². The molecule has 1 aliphatic rings. The monoisotopic (exact) mass is 332 g/mol. The molecule has 0 bridgehead atoms. The summed E-state index contributed by atoms with van der Waals surface area (Å²) in [5.74, 6) is -0.957. The minimum atomic E-state index is -3.53. The minimum absolute atomic E-state index is 0.141. The zero-order valence-corrected chi connectivity index (χ0v) is 12.7. The van der Waals surface area contributed by atoms with E-state index in [-0.39, 0.29) is 18.7 Å². The maximum atomic E-state index is 12.9. The number of halogens is 1. The van der Waals surface area contributed by atoms with Gasteiger partial charge < -0.3 is 15.1 Å². The summed E-state index contributed by atoms with van der Waals surface area (Å²) >= 11 is 0. The van der Waals surface area contributed by atoms with E-state index < -0.39 is 40.0 Å². The standard InChI is InChI=1S/C13H17FN2O5S/c1-22(20,21)15-7-13(19)8-16(6-11(13)17)12(18)9-2-4-10(14)5-3-9/h2-5,11,15,17,19H,6-8H2,1H3/t11-,13+/m1/s1. The first-order chi connectivity index (χ1) is 10.1. The number of amides is 1. The molecule has 0 spiro atoms. The van der Waals surface area contributed by atoms with Gasteiger partial charge in [0.2, 0.25) is 10.0 Å². The third-order valence-electron chi connectivity index (χ3n) is 3.50. The van der Waals surface area contributed by atoms with Crippen LogP contribution in [0.2, 0.25) is 0 Å². The maximum Gasteiger partial charge on any atom is 0.254 e. The summed E-state index contributed by atoms with van der Waals surface area (Å²) in [4.78, 5) is 13.4. The number of hydrogen-bond acceptors (Lipinski definition) is 5. The summed E-state index contributed by atoms with van der Waals surface area (Å²) < 4.78 is 37.1. The predicted octanol–water partition coefficient (Wildman–Crippen LogP) is -1.08. The fourth-order valence-electron chi connectivity index (χ4n) is 2.24. The predicted molar refractivity (Wildman–Crippen MR) is 76.1 cm³/mol. The Morgan fingerprint density at radius 1 is 1.45 bits per heavy atom. The maximum absolute atomic E-state index is 12.9. The number of aliphatic hydroxyl groups excluding tert-OH is 1. The van der Waals surface area contributed by atoms with Crippen molar-refractivity contribution in [3.63, 3.8) is 0 Å². The molecule has 0 aliphatic carbocycles. The van der Waals surface area contributed by atoms with Crippen LogP contribution in [-0.4, -0.2) is 67.0 Å². The van der Waals surface area contributed by atoms with Gasteiger partial charge in [-0.3, -0.25) is 4.79 Å². The van der Waals surface area contributed by atoms with Gasteiger partial charge in [-0.15, -0.1) is 0 Å². The molecule has 0 unspecified atom stereocenters. The number of aliphatic hydroxyl groups is 2. The second kappa shape index (κ2) is 5.92. The fraction of sp³-hybridized carbons (Fsp3) is 0.462. The van der Waals surface area contributed by atoms with Crippen LogP contribution >= 0.6 is 0 Å². The first-order valence-electron chi connectivity index (χ1n) is 6.51. The molecule has 1 aromatic carbocycles. The van der Waals surface area contributed by atoms with Gasteiger partial charge in [-0.2, -0.15) is 0 Å². The lowest BCUT2D eigenvalue weighted by atomic mass is 10.0. The van der Waals surface area contributed by atoms with Gasteiger partial charge in [0.05, 0.1) is 12.8 Å². The molecule has 2 atom stereocenters. The van der Waals surface area contributed by atoms with E-state index in [1.807, 2.05) is 0 Å². The van der Waals surface area contributed by atoms with Crippen LogP contribution in [0, 0.1) is 5.82 Å². The molecule has 3 N–H and O–H groups in total. The zero-order chi connectivity index (χ0) is 16.5. The molecule has 1 aromatic rings. The first-order valence-corrected chi connectivity index (χ1v) is 8.40. The Kier molecular flexibility index (Phi) is 4.52. The van der Waals surface area contributed by atoms with Crippen molar-refractivity contribution in [2.75, 3.05) is 25.9 Å². The average molecular weight is 332 g/mol. The quantitative estimate of drug-likeness (QED) is 0.650. The van der Waals surface area contributed by atoms with Crippen LogP contribution in [0.4, 0.5) is 4.39 Å². The molecule has 9 heteroatoms. The lowest BCUT2D eigenvalue weighted by molar-refractivity contribution is -0.0352. The highest BCUT2D eigenvalue weighted by Gasteiger charge is 2.46. The Labute approximate surface area is 127 Å². The van der Waals surface area contributed by atoms with E-state index in [0.29, 0.717) is 0 Å². The number of carbonyl (C=O) groups is 1. The van der Waals surface area contributed by atoms with Crippen LogP contribution in [0.5, 0.6) is 0 Å². The number of likely N-dealkylation sites (tertiary alicyclic amines) is 1. The van der Waals surface area contributed by atoms with Gasteiger partial charge in [0.1, 0.15) is 17.5 Å². The second-order valence-electron chi connectivity index (χ2n) is 5.41. The highest BCUT2D eigenvalue weighted by molar-refractivity contribution is 7.88.